The Morgan fingerprint density at radius 3 is 1.95 bits per heavy atom. The van der Waals surface area contributed by atoms with Crippen molar-refractivity contribution in [2.45, 2.75) is 59.3 Å². The Kier molecular flexibility index (Phi) is 13.9. The molecular formula is C32H41NO9. The zero-order valence-electron chi connectivity index (χ0n) is 24.5. The molecule has 228 valence electrons. The number of carbonyl (C=O) groups is 1. The Morgan fingerprint density at radius 2 is 1.31 bits per heavy atom. The van der Waals surface area contributed by atoms with Crippen LogP contribution < -0.4 is 24.7 Å². The van der Waals surface area contributed by atoms with Gasteiger partial charge in [-0.2, -0.15) is 0 Å². The molecule has 0 saturated heterocycles. The second-order valence-corrected chi connectivity index (χ2v) is 10.2. The number of hydrogen-bond acceptors (Lipinski definition) is 10. The standard InChI is InChI=1S/C32H41NO9/c1-4-32(3,5-2)24-36-22-8-6-7-9-23-37-27-14-10-25(11-15-27)31(34)38-28-18-20-29(21-19-28)39-41-33-26-12-16-30(17-13-26)40-42-35/h10-21,33,35H,4-9,22-24H2,1-3H3. The Bertz CT molecular complexity index is 1160. The van der Waals surface area contributed by atoms with Crippen LogP contribution in [0.1, 0.15) is 69.7 Å². The average molecular weight is 584 g/mol. The first-order valence-corrected chi connectivity index (χ1v) is 14.2. The third kappa shape index (κ3) is 11.6. The summed E-state index contributed by atoms with van der Waals surface area (Å²) in [6, 6.07) is 19.6. The van der Waals surface area contributed by atoms with E-state index in [1.165, 1.54) is 0 Å². The van der Waals surface area contributed by atoms with E-state index in [9.17, 15) is 4.79 Å². The molecule has 3 aromatic carbocycles. The van der Waals surface area contributed by atoms with Crippen molar-refractivity contribution in [1.82, 2.24) is 0 Å². The van der Waals surface area contributed by atoms with Gasteiger partial charge in [0.1, 0.15) is 11.5 Å². The highest BCUT2D eigenvalue weighted by atomic mass is 17.5. The highest BCUT2D eigenvalue weighted by Crippen LogP contribution is 2.25. The molecule has 0 aliphatic heterocycles. The van der Waals surface area contributed by atoms with E-state index in [1.54, 1.807) is 72.8 Å². The minimum absolute atomic E-state index is 0.293. The predicted molar refractivity (Wildman–Crippen MR) is 157 cm³/mol. The second kappa shape index (κ2) is 17.9. The van der Waals surface area contributed by atoms with Crippen molar-refractivity contribution in [1.29, 1.82) is 0 Å². The highest BCUT2D eigenvalue weighted by Gasteiger charge is 2.19. The number of rotatable bonds is 20. The summed E-state index contributed by atoms with van der Waals surface area (Å²) in [4.78, 5) is 27.1. The van der Waals surface area contributed by atoms with Crippen LogP contribution in [-0.4, -0.2) is 31.0 Å². The summed E-state index contributed by atoms with van der Waals surface area (Å²) in [5.74, 6) is 1.29. The van der Waals surface area contributed by atoms with E-state index in [0.717, 1.165) is 51.7 Å². The van der Waals surface area contributed by atoms with Gasteiger partial charge in [0.15, 0.2) is 11.5 Å². The first-order valence-electron chi connectivity index (χ1n) is 14.2. The third-order valence-electron chi connectivity index (χ3n) is 7.02. The lowest BCUT2D eigenvalue weighted by Gasteiger charge is -2.26. The van der Waals surface area contributed by atoms with Crippen LogP contribution in [-0.2, 0) is 14.8 Å². The van der Waals surface area contributed by atoms with Crippen molar-refractivity contribution in [3.05, 3.63) is 78.4 Å². The average Bonchev–Trinajstić information content (AvgIpc) is 3.02. The molecule has 0 atom stereocenters. The van der Waals surface area contributed by atoms with E-state index in [1.807, 2.05) is 0 Å². The van der Waals surface area contributed by atoms with Crippen LogP contribution in [0.3, 0.4) is 0 Å². The van der Waals surface area contributed by atoms with Gasteiger partial charge in [0.2, 0.25) is 0 Å². The summed E-state index contributed by atoms with van der Waals surface area (Å²) in [6.45, 7) is 9.00. The summed E-state index contributed by atoms with van der Waals surface area (Å²) >= 11 is 0. The van der Waals surface area contributed by atoms with Gasteiger partial charge in [-0.15, -0.1) is 0 Å². The van der Waals surface area contributed by atoms with Crippen LogP contribution in [0.2, 0.25) is 0 Å². The molecule has 0 amide bonds. The van der Waals surface area contributed by atoms with Gasteiger partial charge in [0, 0.05) is 6.61 Å². The summed E-state index contributed by atoms with van der Waals surface area (Å²) in [5.41, 5.74) is 3.87. The van der Waals surface area contributed by atoms with Gasteiger partial charge < -0.3 is 24.0 Å². The van der Waals surface area contributed by atoms with E-state index in [-0.39, 0.29) is 0 Å². The van der Waals surface area contributed by atoms with Crippen LogP contribution in [0.25, 0.3) is 0 Å². The van der Waals surface area contributed by atoms with Gasteiger partial charge in [0.05, 0.1) is 24.5 Å². The molecule has 0 aliphatic carbocycles. The summed E-state index contributed by atoms with van der Waals surface area (Å²) in [6.07, 6.45) is 6.52. The van der Waals surface area contributed by atoms with Crippen LogP contribution in [0.4, 0.5) is 5.69 Å². The van der Waals surface area contributed by atoms with Crippen LogP contribution in [0, 0.1) is 5.41 Å². The fourth-order valence-electron chi connectivity index (χ4n) is 3.78. The number of esters is 1. The molecule has 0 aromatic heterocycles. The molecule has 10 heteroatoms. The normalized spacial score (nSPS) is 11.1. The maximum atomic E-state index is 12.5. The number of hydrogen-bond donors (Lipinski definition) is 2. The quantitative estimate of drug-likeness (QED) is 0.0449. The molecule has 0 heterocycles. The number of unbranched alkanes of at least 4 members (excludes halogenated alkanes) is 3. The third-order valence-corrected chi connectivity index (χ3v) is 7.02. The molecule has 0 bridgehead atoms. The van der Waals surface area contributed by atoms with E-state index in [0.29, 0.717) is 46.3 Å². The molecule has 10 nitrogen and oxygen atoms in total. The molecule has 42 heavy (non-hydrogen) atoms. The number of anilines is 1. The fourth-order valence-corrected chi connectivity index (χ4v) is 3.78. The van der Waals surface area contributed by atoms with Crippen molar-refractivity contribution < 1.29 is 44.1 Å². The smallest absolute Gasteiger partial charge is 0.343 e. The lowest BCUT2D eigenvalue weighted by atomic mass is 9.86. The highest BCUT2D eigenvalue weighted by molar-refractivity contribution is 5.91. The molecule has 2 N–H and O–H groups in total. The van der Waals surface area contributed by atoms with Crippen LogP contribution in [0.15, 0.2) is 72.8 Å². The van der Waals surface area contributed by atoms with Crippen molar-refractivity contribution in [2.75, 3.05) is 25.3 Å². The SMILES string of the molecule is CCC(C)(CC)COCCCCCCOc1ccc(C(=O)Oc2ccc(OONc3ccc(OOO)cc3)cc2)cc1. The molecule has 3 rings (SSSR count). The summed E-state index contributed by atoms with van der Waals surface area (Å²) < 4.78 is 17.1. The van der Waals surface area contributed by atoms with Crippen molar-refractivity contribution in [3.8, 4) is 23.0 Å². The fraction of sp³-hybridized carbons (Fsp3) is 0.406. The summed E-state index contributed by atoms with van der Waals surface area (Å²) in [5, 5.41) is 11.9. The molecule has 0 spiro atoms. The number of benzene rings is 3. The van der Waals surface area contributed by atoms with Gasteiger partial charge >= 0.3 is 5.97 Å². The number of carbonyl (C=O) groups excluding carboxylic acids is 1. The van der Waals surface area contributed by atoms with Gasteiger partial charge in [-0.1, -0.05) is 32.2 Å². The van der Waals surface area contributed by atoms with Crippen LogP contribution >= 0.6 is 0 Å². The maximum absolute atomic E-state index is 12.5. The van der Waals surface area contributed by atoms with Gasteiger partial charge in [-0.05, 0) is 115 Å². The zero-order valence-corrected chi connectivity index (χ0v) is 24.5. The monoisotopic (exact) mass is 583 g/mol. The maximum Gasteiger partial charge on any atom is 0.343 e. The minimum Gasteiger partial charge on any atom is -0.494 e. The first-order chi connectivity index (χ1) is 20.4. The summed E-state index contributed by atoms with van der Waals surface area (Å²) in [7, 11) is 0. The first kappa shape index (κ1) is 32.7. The molecule has 0 aliphatic rings. The van der Waals surface area contributed by atoms with Gasteiger partial charge in [0.25, 0.3) is 0 Å². The van der Waals surface area contributed by atoms with E-state index in [2.05, 4.69) is 36.2 Å². The Hall–Kier alpha value is -3.83. The topological polar surface area (TPSA) is 114 Å². The number of nitrogens with one attached hydrogen (secondary N) is 1. The molecule has 0 fully saturated rings. The Morgan fingerprint density at radius 1 is 0.738 bits per heavy atom. The molecular weight excluding hydrogens is 542 g/mol. The lowest BCUT2D eigenvalue weighted by molar-refractivity contribution is -0.438. The van der Waals surface area contributed by atoms with E-state index >= 15 is 0 Å². The van der Waals surface area contributed by atoms with Crippen molar-refractivity contribution in [3.63, 3.8) is 0 Å². The molecule has 0 saturated carbocycles. The van der Waals surface area contributed by atoms with E-state index in [4.69, 9.17) is 29.3 Å². The van der Waals surface area contributed by atoms with Crippen molar-refractivity contribution >= 4 is 11.7 Å². The van der Waals surface area contributed by atoms with Crippen LogP contribution in [0.5, 0.6) is 23.0 Å². The Labute approximate surface area is 247 Å². The largest absolute Gasteiger partial charge is 0.494 e. The Balaban J connectivity index is 1.29. The van der Waals surface area contributed by atoms with Crippen molar-refractivity contribution in [2.24, 2.45) is 5.41 Å². The minimum atomic E-state index is -0.479. The zero-order chi connectivity index (χ0) is 30.0. The molecule has 3 aromatic rings. The van der Waals surface area contributed by atoms with Gasteiger partial charge in [-0.3, -0.25) is 0 Å². The van der Waals surface area contributed by atoms with E-state index < -0.39 is 5.97 Å². The second-order valence-electron chi connectivity index (χ2n) is 10.2. The lowest BCUT2D eigenvalue weighted by Crippen LogP contribution is -2.21. The molecule has 0 radical (unpaired) electrons. The van der Waals surface area contributed by atoms with Gasteiger partial charge in [-0.25, -0.2) is 15.5 Å². The predicted octanol–water partition coefficient (Wildman–Crippen LogP) is 7.81. The molecule has 0 unspecified atom stereocenters. The number of ether oxygens (including phenoxy) is 3.